The number of hydrogen-bond donors (Lipinski definition) is 2. The first-order valence-electron chi connectivity index (χ1n) is 9.13. The number of aromatic amines is 1. The van der Waals surface area contributed by atoms with Crippen LogP contribution in [0.4, 0.5) is 10.5 Å². The molecule has 0 aliphatic rings. The lowest BCUT2D eigenvalue weighted by atomic mass is 9.80. The van der Waals surface area contributed by atoms with Gasteiger partial charge in [-0.2, -0.15) is 0 Å². The third-order valence-electron chi connectivity index (χ3n) is 4.29. The van der Waals surface area contributed by atoms with Crippen LogP contribution in [0.1, 0.15) is 64.8 Å². The van der Waals surface area contributed by atoms with Gasteiger partial charge in [-0.15, -0.1) is 0 Å². The van der Waals surface area contributed by atoms with Crippen molar-refractivity contribution in [2.75, 3.05) is 11.9 Å². The van der Waals surface area contributed by atoms with Gasteiger partial charge in [0.1, 0.15) is 0 Å². The van der Waals surface area contributed by atoms with Crippen molar-refractivity contribution in [3.05, 3.63) is 47.5 Å². The molecule has 0 bridgehead atoms. The van der Waals surface area contributed by atoms with Gasteiger partial charge in [0.05, 0.1) is 12.9 Å². The number of amides is 1. The van der Waals surface area contributed by atoms with Crippen molar-refractivity contribution in [3.8, 4) is 0 Å². The SMILES string of the molecule is CC(C)(C)c1cc(NC(=O)OCCCc2cnc[nH]2)cc(C(C)(C)C)c1. The zero-order valence-electron chi connectivity index (χ0n) is 16.8. The lowest BCUT2D eigenvalue weighted by Crippen LogP contribution is -2.19. The van der Waals surface area contributed by atoms with Crippen LogP contribution in [0.5, 0.6) is 0 Å². The standard InChI is InChI=1S/C21H31N3O2/c1-20(2,3)15-10-16(21(4,5)6)12-18(11-15)24-19(25)26-9-7-8-17-13-22-14-23-17/h10-14H,7-9H2,1-6H3,(H,22,23)(H,24,25). The summed E-state index contributed by atoms with van der Waals surface area (Å²) in [6, 6.07) is 6.28. The highest BCUT2D eigenvalue weighted by molar-refractivity contribution is 5.85. The number of ether oxygens (including phenoxy) is 1. The lowest BCUT2D eigenvalue weighted by Gasteiger charge is -2.26. The number of anilines is 1. The topological polar surface area (TPSA) is 67.0 Å². The summed E-state index contributed by atoms with van der Waals surface area (Å²) in [5, 5.41) is 2.88. The predicted octanol–water partition coefficient (Wildman–Crippen LogP) is 5.19. The second kappa shape index (κ2) is 7.94. The maximum absolute atomic E-state index is 12.1. The molecule has 1 heterocycles. The van der Waals surface area contributed by atoms with E-state index in [9.17, 15) is 4.79 Å². The van der Waals surface area contributed by atoms with Gasteiger partial charge >= 0.3 is 6.09 Å². The minimum Gasteiger partial charge on any atom is -0.449 e. The summed E-state index contributed by atoms with van der Waals surface area (Å²) < 4.78 is 5.31. The molecule has 0 saturated heterocycles. The van der Waals surface area contributed by atoms with E-state index in [1.54, 1.807) is 12.5 Å². The zero-order valence-corrected chi connectivity index (χ0v) is 16.8. The Morgan fingerprint density at radius 1 is 1.08 bits per heavy atom. The molecule has 5 heteroatoms. The molecule has 0 aliphatic carbocycles. The van der Waals surface area contributed by atoms with E-state index < -0.39 is 6.09 Å². The minimum atomic E-state index is -0.416. The van der Waals surface area contributed by atoms with Crippen LogP contribution in [-0.4, -0.2) is 22.7 Å². The van der Waals surface area contributed by atoms with Crippen molar-refractivity contribution in [2.24, 2.45) is 0 Å². The maximum atomic E-state index is 12.1. The molecule has 2 rings (SSSR count). The molecule has 0 radical (unpaired) electrons. The van der Waals surface area contributed by atoms with E-state index >= 15 is 0 Å². The van der Waals surface area contributed by atoms with Crippen LogP contribution in [0.15, 0.2) is 30.7 Å². The summed E-state index contributed by atoms with van der Waals surface area (Å²) in [5.74, 6) is 0. The molecule has 1 aromatic carbocycles. The number of hydrogen-bond acceptors (Lipinski definition) is 3. The van der Waals surface area contributed by atoms with Gasteiger partial charge < -0.3 is 9.72 Å². The molecule has 2 aromatic rings. The molecule has 0 unspecified atom stereocenters. The van der Waals surface area contributed by atoms with Crippen molar-refractivity contribution in [1.29, 1.82) is 0 Å². The Labute approximate surface area is 156 Å². The molecule has 0 fully saturated rings. The molecular formula is C21H31N3O2. The molecule has 0 spiro atoms. The van der Waals surface area contributed by atoms with Crippen LogP contribution >= 0.6 is 0 Å². The molecule has 142 valence electrons. The predicted molar refractivity (Wildman–Crippen MR) is 106 cm³/mol. The highest BCUT2D eigenvalue weighted by atomic mass is 16.5. The summed E-state index contributed by atoms with van der Waals surface area (Å²) in [7, 11) is 0. The van der Waals surface area contributed by atoms with E-state index in [1.807, 2.05) is 12.1 Å². The second-order valence-corrected chi connectivity index (χ2v) is 8.74. The van der Waals surface area contributed by atoms with Crippen LogP contribution in [0, 0.1) is 0 Å². The van der Waals surface area contributed by atoms with E-state index in [4.69, 9.17) is 4.74 Å². The van der Waals surface area contributed by atoms with Gasteiger partial charge in [-0.05, 0) is 46.9 Å². The Hall–Kier alpha value is -2.30. The Morgan fingerprint density at radius 3 is 2.19 bits per heavy atom. The normalized spacial score (nSPS) is 12.1. The quantitative estimate of drug-likeness (QED) is 0.724. The molecule has 0 atom stereocenters. The fourth-order valence-corrected chi connectivity index (χ4v) is 2.57. The summed E-state index contributed by atoms with van der Waals surface area (Å²) in [5.41, 5.74) is 4.22. The van der Waals surface area contributed by atoms with Gasteiger partial charge in [0.25, 0.3) is 0 Å². The fraction of sp³-hybridized carbons (Fsp3) is 0.524. The van der Waals surface area contributed by atoms with Gasteiger partial charge in [0.2, 0.25) is 0 Å². The van der Waals surface area contributed by atoms with E-state index in [2.05, 4.69) is 62.9 Å². The number of carbonyl (C=O) groups is 1. The van der Waals surface area contributed by atoms with Gasteiger partial charge in [-0.3, -0.25) is 5.32 Å². The van der Waals surface area contributed by atoms with Crippen LogP contribution < -0.4 is 5.32 Å². The first kappa shape index (κ1) is 20.0. The van der Waals surface area contributed by atoms with Gasteiger partial charge in [-0.1, -0.05) is 47.6 Å². The Bertz CT molecular complexity index is 690. The second-order valence-electron chi connectivity index (χ2n) is 8.74. The minimum absolute atomic E-state index is 0.00563. The molecular weight excluding hydrogens is 326 g/mol. The van der Waals surface area contributed by atoms with Crippen LogP contribution in [0.3, 0.4) is 0 Å². The Kier molecular flexibility index (Phi) is 6.11. The number of aryl methyl sites for hydroxylation is 1. The molecule has 0 aliphatic heterocycles. The number of nitrogens with zero attached hydrogens (tertiary/aromatic N) is 1. The first-order valence-corrected chi connectivity index (χ1v) is 9.13. The Morgan fingerprint density at radius 2 is 1.69 bits per heavy atom. The Balaban J connectivity index is 1.99. The number of rotatable bonds is 5. The molecule has 5 nitrogen and oxygen atoms in total. The number of aromatic nitrogens is 2. The highest BCUT2D eigenvalue weighted by Gasteiger charge is 2.21. The molecule has 0 saturated carbocycles. The van der Waals surface area contributed by atoms with Gasteiger partial charge in [0.15, 0.2) is 0 Å². The fourth-order valence-electron chi connectivity index (χ4n) is 2.57. The first-order chi connectivity index (χ1) is 12.1. The van der Waals surface area contributed by atoms with E-state index in [1.165, 1.54) is 11.1 Å². The zero-order chi connectivity index (χ0) is 19.4. The molecule has 1 amide bonds. The lowest BCUT2D eigenvalue weighted by molar-refractivity contribution is 0.160. The average molecular weight is 357 g/mol. The summed E-state index contributed by atoms with van der Waals surface area (Å²) in [6.45, 7) is 13.4. The smallest absolute Gasteiger partial charge is 0.411 e. The van der Waals surface area contributed by atoms with Crippen molar-refractivity contribution < 1.29 is 9.53 Å². The number of H-pyrrole nitrogens is 1. The number of benzene rings is 1. The average Bonchev–Trinajstić information content (AvgIpc) is 3.03. The van der Waals surface area contributed by atoms with Crippen molar-refractivity contribution in [1.82, 2.24) is 9.97 Å². The van der Waals surface area contributed by atoms with E-state index in [0.717, 1.165) is 24.2 Å². The monoisotopic (exact) mass is 357 g/mol. The van der Waals surface area contributed by atoms with Crippen LogP contribution in [0.2, 0.25) is 0 Å². The molecule has 26 heavy (non-hydrogen) atoms. The highest BCUT2D eigenvalue weighted by Crippen LogP contribution is 2.32. The summed E-state index contributed by atoms with van der Waals surface area (Å²) >= 11 is 0. The largest absolute Gasteiger partial charge is 0.449 e. The summed E-state index contributed by atoms with van der Waals surface area (Å²) in [6.07, 6.45) is 4.58. The van der Waals surface area contributed by atoms with Crippen molar-refractivity contribution in [2.45, 2.75) is 65.2 Å². The third kappa shape index (κ3) is 5.90. The van der Waals surface area contributed by atoms with Crippen molar-refractivity contribution >= 4 is 11.8 Å². The van der Waals surface area contributed by atoms with E-state index in [-0.39, 0.29) is 10.8 Å². The number of carbonyl (C=O) groups excluding carboxylic acids is 1. The number of nitrogens with one attached hydrogen (secondary N) is 2. The maximum Gasteiger partial charge on any atom is 0.411 e. The van der Waals surface area contributed by atoms with E-state index in [0.29, 0.717) is 6.61 Å². The third-order valence-corrected chi connectivity index (χ3v) is 4.29. The van der Waals surface area contributed by atoms with Crippen LogP contribution in [0.25, 0.3) is 0 Å². The van der Waals surface area contributed by atoms with Crippen LogP contribution in [-0.2, 0) is 22.0 Å². The van der Waals surface area contributed by atoms with Gasteiger partial charge in [0, 0.05) is 17.6 Å². The van der Waals surface area contributed by atoms with Gasteiger partial charge in [-0.25, -0.2) is 9.78 Å². The van der Waals surface area contributed by atoms with Crippen molar-refractivity contribution in [3.63, 3.8) is 0 Å². The number of imidazole rings is 1. The molecule has 1 aromatic heterocycles. The molecule has 2 N–H and O–H groups in total. The summed E-state index contributed by atoms with van der Waals surface area (Å²) in [4.78, 5) is 19.2.